The van der Waals surface area contributed by atoms with Crippen molar-refractivity contribution >= 4 is 11.6 Å². The number of nitrogens with two attached hydrogens (primary N) is 1. The summed E-state index contributed by atoms with van der Waals surface area (Å²) in [6.45, 7) is 3.46. The van der Waals surface area contributed by atoms with Crippen molar-refractivity contribution < 1.29 is 13.9 Å². The minimum atomic E-state index is -0.626. The molecule has 0 radical (unpaired) electrons. The molecular weight excluding hydrogens is 223 g/mol. The van der Waals surface area contributed by atoms with Crippen molar-refractivity contribution in [2.45, 2.75) is 25.8 Å². The van der Waals surface area contributed by atoms with E-state index in [0.29, 0.717) is 5.75 Å². The summed E-state index contributed by atoms with van der Waals surface area (Å²) in [5, 5.41) is 2.47. The number of methoxy groups -OCH3 is 1. The second kappa shape index (κ2) is 5.14. The maximum Gasteiger partial charge on any atom is 0.226 e. The third-order valence-corrected chi connectivity index (χ3v) is 2.06. The molecule has 0 unspecified atom stereocenters. The molecule has 0 aliphatic rings. The van der Waals surface area contributed by atoms with Gasteiger partial charge in [-0.2, -0.15) is 0 Å². The number of amides is 1. The van der Waals surface area contributed by atoms with Crippen molar-refractivity contribution in [1.82, 2.24) is 0 Å². The van der Waals surface area contributed by atoms with Crippen molar-refractivity contribution in [3.05, 3.63) is 24.0 Å². The van der Waals surface area contributed by atoms with E-state index in [1.807, 2.05) is 0 Å². The Bertz CT molecular complexity index is 413. The van der Waals surface area contributed by atoms with E-state index in [4.69, 9.17) is 10.5 Å². The third-order valence-electron chi connectivity index (χ3n) is 2.06. The lowest BCUT2D eigenvalue weighted by Crippen LogP contribution is -2.36. The number of carbonyl (C=O) groups is 1. The van der Waals surface area contributed by atoms with Gasteiger partial charge in [-0.25, -0.2) is 4.39 Å². The summed E-state index contributed by atoms with van der Waals surface area (Å²) in [5.74, 6) is -0.354. The van der Waals surface area contributed by atoms with Gasteiger partial charge < -0.3 is 15.8 Å². The van der Waals surface area contributed by atoms with Crippen LogP contribution >= 0.6 is 0 Å². The predicted molar refractivity (Wildman–Crippen MR) is 64.5 cm³/mol. The highest BCUT2D eigenvalue weighted by molar-refractivity contribution is 5.91. The molecule has 0 aliphatic carbocycles. The summed E-state index contributed by atoms with van der Waals surface area (Å²) < 4.78 is 18.3. The molecule has 5 heteroatoms. The van der Waals surface area contributed by atoms with Gasteiger partial charge >= 0.3 is 0 Å². The molecule has 0 spiro atoms. The van der Waals surface area contributed by atoms with Gasteiger partial charge in [0.05, 0.1) is 12.8 Å². The Kier molecular flexibility index (Phi) is 4.07. The molecule has 0 saturated carbocycles. The van der Waals surface area contributed by atoms with E-state index < -0.39 is 11.4 Å². The van der Waals surface area contributed by atoms with Gasteiger partial charge in [-0.1, -0.05) is 0 Å². The van der Waals surface area contributed by atoms with Crippen LogP contribution in [0.2, 0.25) is 0 Å². The van der Waals surface area contributed by atoms with Gasteiger partial charge in [-0.3, -0.25) is 4.79 Å². The molecule has 4 nitrogen and oxygen atoms in total. The summed E-state index contributed by atoms with van der Waals surface area (Å²) in [7, 11) is 1.47. The number of anilines is 1. The minimum Gasteiger partial charge on any atom is -0.497 e. The number of nitrogens with one attached hydrogen (secondary N) is 1. The van der Waals surface area contributed by atoms with Crippen LogP contribution in [0.15, 0.2) is 18.2 Å². The first kappa shape index (κ1) is 13.4. The van der Waals surface area contributed by atoms with Gasteiger partial charge in [-0.15, -0.1) is 0 Å². The summed E-state index contributed by atoms with van der Waals surface area (Å²) in [6.07, 6.45) is 0.115. The zero-order valence-electron chi connectivity index (χ0n) is 10.2. The van der Waals surface area contributed by atoms with E-state index in [-0.39, 0.29) is 18.0 Å². The fourth-order valence-corrected chi connectivity index (χ4v) is 1.34. The number of halogens is 1. The van der Waals surface area contributed by atoms with Crippen molar-refractivity contribution in [3.63, 3.8) is 0 Å². The number of hydrogen-bond acceptors (Lipinski definition) is 3. The molecule has 0 aromatic heterocycles. The molecule has 94 valence electrons. The van der Waals surface area contributed by atoms with Crippen LogP contribution in [0.1, 0.15) is 20.3 Å². The average molecular weight is 240 g/mol. The van der Waals surface area contributed by atoms with Crippen LogP contribution < -0.4 is 15.8 Å². The first-order valence-electron chi connectivity index (χ1n) is 5.24. The van der Waals surface area contributed by atoms with E-state index in [1.54, 1.807) is 13.8 Å². The van der Waals surface area contributed by atoms with Crippen LogP contribution in [0, 0.1) is 5.82 Å². The second-order valence-corrected chi connectivity index (χ2v) is 4.56. The predicted octanol–water partition coefficient (Wildman–Crippen LogP) is 1.90. The van der Waals surface area contributed by atoms with Gasteiger partial charge in [-0.05, 0) is 26.0 Å². The number of hydrogen-bond donors (Lipinski definition) is 2. The molecule has 0 aliphatic heterocycles. The number of rotatable bonds is 4. The highest BCUT2D eigenvalue weighted by Crippen LogP contribution is 2.21. The largest absolute Gasteiger partial charge is 0.497 e. The Hall–Kier alpha value is -1.62. The van der Waals surface area contributed by atoms with Crippen LogP contribution in [-0.4, -0.2) is 18.6 Å². The SMILES string of the molecule is COc1ccc(F)c(NC(=O)CC(C)(C)N)c1. The van der Waals surface area contributed by atoms with Crippen molar-refractivity contribution in [3.8, 4) is 5.75 Å². The van der Waals surface area contributed by atoms with Gasteiger partial charge in [0.2, 0.25) is 5.91 Å². The molecule has 1 rings (SSSR count). The van der Waals surface area contributed by atoms with Crippen molar-refractivity contribution in [2.75, 3.05) is 12.4 Å². The summed E-state index contributed by atoms with van der Waals surface area (Å²) in [4.78, 5) is 11.6. The maximum atomic E-state index is 13.4. The second-order valence-electron chi connectivity index (χ2n) is 4.56. The molecule has 0 bridgehead atoms. The van der Waals surface area contributed by atoms with Crippen LogP contribution in [0.3, 0.4) is 0 Å². The van der Waals surface area contributed by atoms with Crippen molar-refractivity contribution in [1.29, 1.82) is 0 Å². The van der Waals surface area contributed by atoms with E-state index >= 15 is 0 Å². The topological polar surface area (TPSA) is 64.3 Å². The Balaban J connectivity index is 2.77. The highest BCUT2D eigenvalue weighted by Gasteiger charge is 2.17. The third kappa shape index (κ3) is 4.40. The summed E-state index contributed by atoms with van der Waals surface area (Å²) in [6, 6.07) is 4.15. The van der Waals surface area contributed by atoms with E-state index in [1.165, 1.54) is 25.3 Å². The molecule has 1 aromatic carbocycles. The zero-order chi connectivity index (χ0) is 13.1. The molecule has 1 aromatic rings. The monoisotopic (exact) mass is 240 g/mol. The Labute approximate surface area is 100.0 Å². The number of benzene rings is 1. The van der Waals surface area contributed by atoms with Crippen LogP contribution in [-0.2, 0) is 4.79 Å². The van der Waals surface area contributed by atoms with Gasteiger partial charge in [0.15, 0.2) is 0 Å². The smallest absolute Gasteiger partial charge is 0.226 e. The van der Waals surface area contributed by atoms with E-state index in [9.17, 15) is 9.18 Å². The van der Waals surface area contributed by atoms with Gasteiger partial charge in [0.25, 0.3) is 0 Å². The molecule has 0 atom stereocenters. The minimum absolute atomic E-state index is 0.0959. The lowest BCUT2D eigenvalue weighted by atomic mass is 10.0. The number of carbonyl (C=O) groups excluding carboxylic acids is 1. The lowest BCUT2D eigenvalue weighted by molar-refractivity contribution is -0.117. The summed E-state index contributed by atoms with van der Waals surface area (Å²) >= 11 is 0. The van der Waals surface area contributed by atoms with Gasteiger partial charge in [0, 0.05) is 18.0 Å². The molecule has 0 heterocycles. The van der Waals surface area contributed by atoms with Crippen LogP contribution in [0.25, 0.3) is 0 Å². The molecule has 17 heavy (non-hydrogen) atoms. The lowest BCUT2D eigenvalue weighted by Gasteiger charge is -2.17. The molecule has 3 N–H and O–H groups in total. The van der Waals surface area contributed by atoms with Crippen LogP contribution in [0.5, 0.6) is 5.75 Å². The molecule has 0 fully saturated rings. The molecular formula is C12H17FN2O2. The van der Waals surface area contributed by atoms with E-state index in [0.717, 1.165) is 0 Å². The fraction of sp³-hybridized carbons (Fsp3) is 0.417. The normalized spacial score (nSPS) is 11.1. The first-order valence-corrected chi connectivity index (χ1v) is 5.24. The standard InChI is InChI=1S/C12H17FN2O2/c1-12(2,14)7-11(16)15-10-6-8(17-3)4-5-9(10)13/h4-6H,7,14H2,1-3H3,(H,15,16). The molecule has 0 saturated heterocycles. The maximum absolute atomic E-state index is 13.4. The Morgan fingerprint density at radius 1 is 1.53 bits per heavy atom. The number of ether oxygens (including phenoxy) is 1. The van der Waals surface area contributed by atoms with Crippen LogP contribution in [0.4, 0.5) is 10.1 Å². The quantitative estimate of drug-likeness (QED) is 0.844. The molecule has 1 amide bonds. The Morgan fingerprint density at radius 3 is 2.71 bits per heavy atom. The first-order chi connectivity index (χ1) is 7.81. The summed E-state index contributed by atoms with van der Waals surface area (Å²) in [5.41, 5.74) is 5.18. The van der Waals surface area contributed by atoms with Crippen molar-refractivity contribution in [2.24, 2.45) is 5.73 Å². The average Bonchev–Trinajstić information content (AvgIpc) is 2.18. The van der Waals surface area contributed by atoms with E-state index in [2.05, 4.69) is 5.32 Å². The highest BCUT2D eigenvalue weighted by atomic mass is 19.1. The Morgan fingerprint density at radius 2 is 2.18 bits per heavy atom. The zero-order valence-corrected chi connectivity index (χ0v) is 10.2. The van der Waals surface area contributed by atoms with Gasteiger partial charge in [0.1, 0.15) is 11.6 Å². The fourth-order valence-electron chi connectivity index (χ4n) is 1.34.